The minimum atomic E-state index is 0.341. The van der Waals surface area contributed by atoms with Crippen LogP contribution >= 0.6 is 0 Å². The van der Waals surface area contributed by atoms with Crippen LogP contribution in [0, 0.1) is 11.3 Å². The fourth-order valence-corrected chi connectivity index (χ4v) is 3.15. The van der Waals surface area contributed by atoms with E-state index in [9.17, 15) is 4.79 Å². The Hall–Kier alpha value is -2.15. The van der Waals surface area contributed by atoms with Gasteiger partial charge in [-0.05, 0) is 51.5 Å². The first-order valence-electron chi connectivity index (χ1n) is 9.43. The molecule has 0 aromatic rings. The monoisotopic (exact) mass is 350 g/mol. The Morgan fingerprint density at radius 3 is 2.15 bits per heavy atom. The number of aldehydes is 1. The molecule has 0 fully saturated rings. The maximum absolute atomic E-state index is 10.5. The van der Waals surface area contributed by atoms with Gasteiger partial charge in [-0.2, -0.15) is 0 Å². The minimum absolute atomic E-state index is 0.341. The second kappa shape index (κ2) is 10.8. The maximum atomic E-state index is 10.5. The van der Waals surface area contributed by atoms with E-state index in [0.717, 1.165) is 11.9 Å². The van der Waals surface area contributed by atoms with E-state index in [1.807, 2.05) is 18.2 Å². The molecule has 0 aromatic heterocycles. The Morgan fingerprint density at radius 2 is 1.54 bits per heavy atom. The third-order valence-corrected chi connectivity index (χ3v) is 4.87. The van der Waals surface area contributed by atoms with Crippen LogP contribution < -0.4 is 0 Å². The molecule has 0 aliphatic heterocycles. The summed E-state index contributed by atoms with van der Waals surface area (Å²) in [5.74, 6) is 0.526. The molecule has 1 atom stereocenters. The Balaban J connectivity index is 2.67. The molecule has 0 amide bonds. The number of hydrogen-bond donors (Lipinski definition) is 0. The largest absolute Gasteiger partial charge is 0.298 e. The normalized spacial score (nSPS) is 22.5. The zero-order valence-electron chi connectivity index (χ0n) is 17.3. The molecule has 1 rings (SSSR count). The Bertz CT molecular complexity index is 688. The Morgan fingerprint density at radius 1 is 0.962 bits per heavy atom. The second-order valence-corrected chi connectivity index (χ2v) is 7.91. The summed E-state index contributed by atoms with van der Waals surface area (Å²) in [6.07, 6.45) is 24.3. The number of allylic oxidation sites excluding steroid dienone is 14. The van der Waals surface area contributed by atoms with Gasteiger partial charge in [0.1, 0.15) is 6.29 Å². The molecule has 0 saturated heterocycles. The molecule has 0 heterocycles. The van der Waals surface area contributed by atoms with E-state index < -0.39 is 0 Å². The lowest BCUT2D eigenvalue weighted by Gasteiger charge is -2.36. The summed E-state index contributed by atoms with van der Waals surface area (Å²) >= 11 is 0. The SMILES string of the molecule is CC1=CCCC(C)(C)C1/C=C/C(C)=C/C=C/C(C)=C/C=C/C=C(\C)C=O. The van der Waals surface area contributed by atoms with Crippen molar-refractivity contribution in [1.82, 2.24) is 0 Å². The van der Waals surface area contributed by atoms with Crippen molar-refractivity contribution in [3.8, 4) is 0 Å². The molecule has 0 spiro atoms. The summed E-state index contributed by atoms with van der Waals surface area (Å²) in [4.78, 5) is 10.5. The highest BCUT2D eigenvalue weighted by molar-refractivity contribution is 5.72. The highest BCUT2D eigenvalue weighted by atomic mass is 16.1. The van der Waals surface area contributed by atoms with E-state index >= 15 is 0 Å². The summed E-state index contributed by atoms with van der Waals surface area (Å²) < 4.78 is 0. The van der Waals surface area contributed by atoms with Gasteiger partial charge in [0.25, 0.3) is 0 Å². The van der Waals surface area contributed by atoms with E-state index in [1.165, 1.54) is 29.6 Å². The third-order valence-electron chi connectivity index (χ3n) is 4.87. The smallest absolute Gasteiger partial charge is 0.145 e. The van der Waals surface area contributed by atoms with Crippen LogP contribution in [0.4, 0.5) is 0 Å². The summed E-state index contributed by atoms with van der Waals surface area (Å²) in [5.41, 5.74) is 4.97. The Labute approximate surface area is 160 Å². The van der Waals surface area contributed by atoms with Gasteiger partial charge in [0, 0.05) is 5.92 Å². The third kappa shape index (κ3) is 7.82. The summed E-state index contributed by atoms with van der Waals surface area (Å²) in [6.45, 7) is 13.0. The first-order chi connectivity index (χ1) is 12.3. The summed E-state index contributed by atoms with van der Waals surface area (Å²) in [6, 6.07) is 0. The van der Waals surface area contributed by atoms with Crippen molar-refractivity contribution in [1.29, 1.82) is 0 Å². The summed E-state index contributed by atoms with van der Waals surface area (Å²) in [7, 11) is 0. The van der Waals surface area contributed by atoms with Crippen LogP contribution in [0.5, 0.6) is 0 Å². The molecule has 0 N–H and O–H groups in total. The predicted molar refractivity (Wildman–Crippen MR) is 115 cm³/mol. The van der Waals surface area contributed by atoms with Crippen molar-refractivity contribution in [2.24, 2.45) is 11.3 Å². The molecule has 1 heteroatoms. The maximum Gasteiger partial charge on any atom is 0.145 e. The average Bonchev–Trinajstić information content (AvgIpc) is 2.57. The van der Waals surface area contributed by atoms with Crippen LogP contribution in [0.15, 0.2) is 83.1 Å². The van der Waals surface area contributed by atoms with Gasteiger partial charge < -0.3 is 0 Å². The van der Waals surface area contributed by atoms with Crippen LogP contribution in [-0.2, 0) is 4.79 Å². The minimum Gasteiger partial charge on any atom is -0.298 e. The lowest BCUT2D eigenvalue weighted by atomic mass is 9.68. The highest BCUT2D eigenvalue weighted by Crippen LogP contribution is 2.41. The zero-order chi connectivity index (χ0) is 19.6. The van der Waals surface area contributed by atoms with Crippen molar-refractivity contribution in [2.75, 3.05) is 0 Å². The molecule has 26 heavy (non-hydrogen) atoms. The van der Waals surface area contributed by atoms with Crippen LogP contribution in [0.3, 0.4) is 0 Å². The van der Waals surface area contributed by atoms with Gasteiger partial charge in [-0.1, -0.05) is 91.3 Å². The first-order valence-corrected chi connectivity index (χ1v) is 9.43. The van der Waals surface area contributed by atoms with Gasteiger partial charge in [-0.15, -0.1) is 0 Å². The van der Waals surface area contributed by atoms with Gasteiger partial charge in [0.15, 0.2) is 0 Å². The van der Waals surface area contributed by atoms with Crippen molar-refractivity contribution >= 4 is 6.29 Å². The molecule has 0 radical (unpaired) electrons. The fourth-order valence-electron chi connectivity index (χ4n) is 3.15. The average molecular weight is 351 g/mol. The molecular weight excluding hydrogens is 316 g/mol. The molecule has 1 aliphatic rings. The van der Waals surface area contributed by atoms with Gasteiger partial charge in [-0.25, -0.2) is 0 Å². The van der Waals surface area contributed by atoms with E-state index in [-0.39, 0.29) is 0 Å². The van der Waals surface area contributed by atoms with Gasteiger partial charge in [0.2, 0.25) is 0 Å². The molecular formula is C25H34O. The summed E-state index contributed by atoms with van der Waals surface area (Å²) in [5, 5.41) is 0. The highest BCUT2D eigenvalue weighted by Gasteiger charge is 2.30. The van der Waals surface area contributed by atoms with Gasteiger partial charge >= 0.3 is 0 Å². The van der Waals surface area contributed by atoms with Crippen LogP contribution in [0.2, 0.25) is 0 Å². The number of hydrogen-bond acceptors (Lipinski definition) is 1. The number of carbonyl (C=O) groups is 1. The lowest BCUT2D eigenvalue weighted by molar-refractivity contribution is -0.104. The van der Waals surface area contributed by atoms with Crippen LogP contribution in [0.25, 0.3) is 0 Å². The van der Waals surface area contributed by atoms with Gasteiger partial charge in [0.05, 0.1) is 0 Å². The number of carbonyl (C=O) groups excluding carboxylic acids is 1. The lowest BCUT2D eigenvalue weighted by Crippen LogP contribution is -2.26. The van der Waals surface area contributed by atoms with Crippen molar-refractivity contribution in [3.05, 3.63) is 83.1 Å². The predicted octanol–water partition coefficient (Wildman–Crippen LogP) is 7.08. The molecule has 1 nitrogen and oxygen atoms in total. The van der Waals surface area contributed by atoms with E-state index in [0.29, 0.717) is 11.3 Å². The Kier molecular flexibility index (Phi) is 9.05. The molecule has 0 saturated carbocycles. The molecule has 1 unspecified atom stereocenters. The van der Waals surface area contributed by atoms with E-state index in [1.54, 1.807) is 13.0 Å². The van der Waals surface area contributed by atoms with E-state index in [4.69, 9.17) is 0 Å². The first kappa shape index (κ1) is 21.9. The van der Waals surface area contributed by atoms with Crippen molar-refractivity contribution in [2.45, 2.75) is 54.4 Å². The fraction of sp³-hybridized carbons (Fsp3) is 0.400. The molecule has 140 valence electrons. The topological polar surface area (TPSA) is 17.1 Å². The standard InChI is InChI=1S/C25H34O/c1-20(11-7-8-12-22(3)19-26)13-9-14-21(2)16-17-24-23(4)15-10-18-25(24,5)6/h7-9,11-17,19,24H,10,18H2,1-6H3/b8-7+,13-9+,17-16+,20-11+,21-14+,22-12+. The van der Waals surface area contributed by atoms with Gasteiger partial charge in [-0.3, -0.25) is 4.79 Å². The van der Waals surface area contributed by atoms with Crippen LogP contribution in [0.1, 0.15) is 54.4 Å². The van der Waals surface area contributed by atoms with E-state index in [2.05, 4.69) is 71.1 Å². The molecule has 0 aromatic carbocycles. The van der Waals surface area contributed by atoms with Crippen molar-refractivity contribution < 1.29 is 4.79 Å². The molecule has 1 aliphatic carbocycles. The number of rotatable bonds is 7. The molecule has 0 bridgehead atoms. The van der Waals surface area contributed by atoms with Crippen LogP contribution in [-0.4, -0.2) is 6.29 Å². The van der Waals surface area contributed by atoms with Crippen molar-refractivity contribution in [3.63, 3.8) is 0 Å². The quantitative estimate of drug-likeness (QED) is 0.207. The zero-order valence-corrected chi connectivity index (χ0v) is 17.3. The second-order valence-electron chi connectivity index (χ2n) is 7.91.